The van der Waals surface area contributed by atoms with Gasteiger partial charge in [-0.1, -0.05) is 6.92 Å². The van der Waals surface area contributed by atoms with E-state index in [9.17, 15) is 14.4 Å². The molecule has 2 atom stereocenters. The molecule has 0 rings (SSSR count). The summed E-state index contributed by atoms with van der Waals surface area (Å²) in [6.07, 6.45) is 0.0914. The number of hydrogen-bond acceptors (Lipinski definition) is 4. The number of amides is 2. The second-order valence-electron chi connectivity index (χ2n) is 4.23. The van der Waals surface area contributed by atoms with Crippen molar-refractivity contribution in [3.05, 3.63) is 0 Å². The molecule has 0 fully saturated rings. The van der Waals surface area contributed by atoms with Crippen LogP contribution < -0.4 is 11.1 Å². The van der Waals surface area contributed by atoms with Crippen molar-refractivity contribution in [1.29, 1.82) is 0 Å². The maximum absolute atomic E-state index is 11.5. The van der Waals surface area contributed by atoms with Gasteiger partial charge in [-0.05, 0) is 12.3 Å². The van der Waals surface area contributed by atoms with E-state index in [0.717, 1.165) is 0 Å². The minimum atomic E-state index is -1.18. The predicted molar refractivity (Wildman–Crippen MR) is 63.7 cm³/mol. The molecular weight excluding hydrogens is 240 g/mol. The first-order valence-corrected chi connectivity index (χ1v) is 5.66. The molecule has 0 aliphatic rings. The van der Waals surface area contributed by atoms with E-state index in [4.69, 9.17) is 15.6 Å². The van der Waals surface area contributed by atoms with Crippen LogP contribution in [-0.2, 0) is 19.1 Å². The van der Waals surface area contributed by atoms with Gasteiger partial charge in [0.1, 0.15) is 6.04 Å². The zero-order chi connectivity index (χ0) is 14.1. The average molecular weight is 260 g/mol. The zero-order valence-electron chi connectivity index (χ0n) is 10.6. The monoisotopic (exact) mass is 260 g/mol. The molecule has 104 valence electrons. The Morgan fingerprint density at radius 3 is 2.44 bits per heavy atom. The van der Waals surface area contributed by atoms with Crippen LogP contribution in [0.3, 0.4) is 0 Å². The third-order valence-electron chi connectivity index (χ3n) is 2.30. The van der Waals surface area contributed by atoms with Crippen LogP contribution in [0.5, 0.6) is 0 Å². The molecule has 0 aromatic rings. The smallest absolute Gasteiger partial charge is 0.326 e. The number of carboxylic acid groups (broad SMARTS) is 1. The molecule has 2 amide bonds. The SMILES string of the molecule is COCC(C)CC(=O)NC(CCC(N)=O)C(=O)O. The van der Waals surface area contributed by atoms with Gasteiger partial charge in [0.25, 0.3) is 0 Å². The Labute approximate surface area is 106 Å². The first-order valence-electron chi connectivity index (χ1n) is 5.66. The van der Waals surface area contributed by atoms with Gasteiger partial charge in [-0.15, -0.1) is 0 Å². The molecule has 7 heteroatoms. The van der Waals surface area contributed by atoms with Gasteiger partial charge in [-0.25, -0.2) is 4.79 Å². The highest BCUT2D eigenvalue weighted by atomic mass is 16.5. The van der Waals surface area contributed by atoms with Crippen LogP contribution in [0.15, 0.2) is 0 Å². The van der Waals surface area contributed by atoms with E-state index in [1.807, 2.05) is 6.92 Å². The van der Waals surface area contributed by atoms with Crippen molar-refractivity contribution in [2.75, 3.05) is 13.7 Å². The van der Waals surface area contributed by atoms with Gasteiger partial charge >= 0.3 is 5.97 Å². The number of aliphatic carboxylic acids is 1. The fourth-order valence-electron chi connectivity index (χ4n) is 1.46. The highest BCUT2D eigenvalue weighted by Crippen LogP contribution is 2.04. The van der Waals surface area contributed by atoms with E-state index in [0.29, 0.717) is 6.61 Å². The van der Waals surface area contributed by atoms with Gasteiger partial charge in [-0.3, -0.25) is 9.59 Å². The average Bonchev–Trinajstić information content (AvgIpc) is 2.23. The normalized spacial score (nSPS) is 13.7. The predicted octanol–water partition coefficient (Wildman–Crippen LogP) is -0.506. The second kappa shape index (κ2) is 8.46. The Morgan fingerprint density at radius 2 is 2.00 bits per heavy atom. The van der Waals surface area contributed by atoms with E-state index < -0.39 is 17.9 Å². The molecule has 0 radical (unpaired) electrons. The summed E-state index contributed by atoms with van der Waals surface area (Å²) in [6.45, 7) is 2.24. The number of ether oxygens (including phenoxy) is 1. The molecule has 0 saturated heterocycles. The zero-order valence-corrected chi connectivity index (χ0v) is 10.6. The third kappa shape index (κ3) is 7.61. The highest BCUT2D eigenvalue weighted by Gasteiger charge is 2.21. The topological polar surface area (TPSA) is 119 Å². The van der Waals surface area contributed by atoms with E-state index in [1.165, 1.54) is 7.11 Å². The largest absolute Gasteiger partial charge is 0.480 e. The van der Waals surface area contributed by atoms with Gasteiger partial charge < -0.3 is 20.9 Å². The standard InChI is InChI=1S/C11H20N2O5/c1-7(6-18-2)5-10(15)13-8(11(16)17)3-4-9(12)14/h7-8H,3-6H2,1-2H3,(H2,12,14)(H,13,15)(H,16,17). The molecule has 0 spiro atoms. The van der Waals surface area contributed by atoms with Crippen molar-refractivity contribution in [2.45, 2.75) is 32.2 Å². The van der Waals surface area contributed by atoms with Crippen LogP contribution >= 0.6 is 0 Å². The maximum atomic E-state index is 11.5. The number of carbonyl (C=O) groups is 3. The molecule has 2 unspecified atom stereocenters. The van der Waals surface area contributed by atoms with Crippen LogP contribution in [-0.4, -0.2) is 42.6 Å². The molecule has 0 aliphatic heterocycles. The van der Waals surface area contributed by atoms with E-state index in [-0.39, 0.29) is 31.1 Å². The third-order valence-corrected chi connectivity index (χ3v) is 2.30. The van der Waals surface area contributed by atoms with Gasteiger partial charge in [-0.2, -0.15) is 0 Å². The number of nitrogens with one attached hydrogen (secondary N) is 1. The molecule has 0 aromatic heterocycles. The summed E-state index contributed by atoms with van der Waals surface area (Å²) in [4.78, 5) is 33.0. The lowest BCUT2D eigenvalue weighted by Crippen LogP contribution is -2.42. The molecular formula is C11H20N2O5. The van der Waals surface area contributed by atoms with Gasteiger partial charge in [0.05, 0.1) is 0 Å². The van der Waals surface area contributed by atoms with Crippen LogP contribution in [0, 0.1) is 5.92 Å². The maximum Gasteiger partial charge on any atom is 0.326 e. The molecule has 0 aliphatic carbocycles. The van der Waals surface area contributed by atoms with Crippen LogP contribution in [0.2, 0.25) is 0 Å². The lowest BCUT2D eigenvalue weighted by molar-refractivity contribution is -0.142. The van der Waals surface area contributed by atoms with Gasteiger partial charge in [0.2, 0.25) is 11.8 Å². The number of carboxylic acids is 1. The highest BCUT2D eigenvalue weighted by molar-refractivity contribution is 5.84. The Balaban J connectivity index is 4.19. The lowest BCUT2D eigenvalue weighted by atomic mass is 10.1. The fraction of sp³-hybridized carbons (Fsp3) is 0.727. The second-order valence-corrected chi connectivity index (χ2v) is 4.23. The first-order chi connectivity index (χ1) is 8.36. The van der Waals surface area contributed by atoms with E-state index in [2.05, 4.69) is 5.32 Å². The summed E-state index contributed by atoms with van der Waals surface area (Å²) < 4.78 is 4.88. The Morgan fingerprint density at radius 1 is 1.39 bits per heavy atom. The Bertz CT molecular complexity index is 306. The van der Waals surface area contributed by atoms with Crippen molar-refractivity contribution in [2.24, 2.45) is 11.7 Å². The van der Waals surface area contributed by atoms with Gasteiger partial charge in [0, 0.05) is 26.6 Å². The van der Waals surface area contributed by atoms with Crippen LogP contribution in [0.25, 0.3) is 0 Å². The van der Waals surface area contributed by atoms with Crippen molar-refractivity contribution in [1.82, 2.24) is 5.32 Å². The number of nitrogens with two attached hydrogens (primary N) is 1. The molecule has 18 heavy (non-hydrogen) atoms. The molecule has 0 bridgehead atoms. The summed E-state index contributed by atoms with van der Waals surface area (Å²) in [7, 11) is 1.53. The van der Waals surface area contributed by atoms with Crippen molar-refractivity contribution >= 4 is 17.8 Å². The fourth-order valence-corrected chi connectivity index (χ4v) is 1.46. The summed E-state index contributed by atoms with van der Waals surface area (Å²) in [5, 5.41) is 11.2. The number of carbonyl (C=O) groups excluding carboxylic acids is 2. The van der Waals surface area contributed by atoms with Crippen LogP contribution in [0.1, 0.15) is 26.2 Å². The number of methoxy groups -OCH3 is 1. The number of primary amides is 1. The molecule has 7 nitrogen and oxygen atoms in total. The summed E-state index contributed by atoms with van der Waals surface area (Å²) >= 11 is 0. The summed E-state index contributed by atoms with van der Waals surface area (Å²) in [5.74, 6) is -2.15. The summed E-state index contributed by atoms with van der Waals surface area (Å²) in [5.41, 5.74) is 4.93. The molecule has 0 saturated carbocycles. The quantitative estimate of drug-likeness (QED) is 0.516. The minimum Gasteiger partial charge on any atom is -0.480 e. The minimum absolute atomic E-state index is 0.000542. The summed E-state index contributed by atoms with van der Waals surface area (Å²) in [6, 6.07) is -1.08. The Kier molecular flexibility index (Phi) is 7.69. The Hall–Kier alpha value is -1.63. The van der Waals surface area contributed by atoms with Crippen molar-refractivity contribution in [3.8, 4) is 0 Å². The lowest BCUT2D eigenvalue weighted by Gasteiger charge is -2.15. The number of hydrogen-bond donors (Lipinski definition) is 3. The molecule has 4 N–H and O–H groups in total. The van der Waals surface area contributed by atoms with Gasteiger partial charge in [0.15, 0.2) is 0 Å². The first kappa shape index (κ1) is 16.4. The van der Waals surface area contributed by atoms with E-state index >= 15 is 0 Å². The number of rotatable bonds is 9. The van der Waals surface area contributed by atoms with Crippen molar-refractivity contribution in [3.63, 3.8) is 0 Å². The molecule has 0 aromatic carbocycles. The van der Waals surface area contributed by atoms with Crippen molar-refractivity contribution < 1.29 is 24.2 Å². The molecule has 0 heterocycles. The van der Waals surface area contributed by atoms with Crippen LogP contribution in [0.4, 0.5) is 0 Å². The van der Waals surface area contributed by atoms with E-state index in [1.54, 1.807) is 0 Å².